The Balaban J connectivity index is 1.19. The first-order valence-electron chi connectivity index (χ1n) is 12.0. The number of imidazole rings is 1. The summed E-state index contributed by atoms with van der Waals surface area (Å²) in [6, 6.07) is 9.71. The van der Waals surface area contributed by atoms with Gasteiger partial charge in [-0.1, -0.05) is 12.1 Å². The highest BCUT2D eigenvalue weighted by Crippen LogP contribution is 2.23. The van der Waals surface area contributed by atoms with Crippen LogP contribution in [0.1, 0.15) is 39.4 Å². The molecule has 170 valence electrons. The number of rotatable bonds is 7. The maximum absolute atomic E-state index is 12.6. The number of fused-ring (bicyclic) bond motifs is 1. The number of amides is 2. The molecule has 1 N–H and O–H groups in total. The lowest BCUT2D eigenvalue weighted by Crippen LogP contribution is -2.53. The number of urea groups is 1. The fourth-order valence-corrected chi connectivity index (χ4v) is 5.18. The van der Waals surface area contributed by atoms with Crippen LogP contribution in [0.3, 0.4) is 0 Å². The monoisotopic (exact) mass is 426 g/mol. The van der Waals surface area contributed by atoms with Gasteiger partial charge in [-0.25, -0.2) is 9.78 Å². The molecule has 2 aliphatic heterocycles. The van der Waals surface area contributed by atoms with Crippen molar-refractivity contribution in [2.75, 3.05) is 45.8 Å². The minimum absolute atomic E-state index is 0.0561. The molecule has 2 atom stereocenters. The Morgan fingerprint density at radius 2 is 1.77 bits per heavy atom. The topological polar surface area (TPSA) is 56.6 Å². The average Bonchev–Trinajstić information content (AvgIpc) is 3.31. The number of carbonyl (C=O) groups is 1. The summed E-state index contributed by atoms with van der Waals surface area (Å²) in [5.74, 6) is 1.04. The second kappa shape index (κ2) is 10.0. The largest absolute Gasteiger partial charge is 0.338 e. The highest BCUT2D eigenvalue weighted by Gasteiger charge is 2.28. The van der Waals surface area contributed by atoms with E-state index in [4.69, 9.17) is 4.98 Å². The Bertz CT molecular complexity index is 862. The molecular formula is C24H38N6O. The summed E-state index contributed by atoms with van der Waals surface area (Å²) < 4.78 is 2.24. The molecular weight excluding hydrogens is 388 g/mol. The Morgan fingerprint density at radius 3 is 2.48 bits per heavy atom. The van der Waals surface area contributed by atoms with Gasteiger partial charge in [-0.15, -0.1) is 0 Å². The van der Waals surface area contributed by atoms with Crippen molar-refractivity contribution in [2.24, 2.45) is 0 Å². The molecule has 2 fully saturated rings. The lowest BCUT2D eigenvalue weighted by Gasteiger charge is -2.36. The average molecular weight is 427 g/mol. The van der Waals surface area contributed by atoms with Gasteiger partial charge in [-0.3, -0.25) is 9.80 Å². The van der Waals surface area contributed by atoms with Gasteiger partial charge >= 0.3 is 6.03 Å². The normalized spacial score (nSPS) is 23.0. The van der Waals surface area contributed by atoms with Crippen molar-refractivity contribution in [3.8, 4) is 0 Å². The van der Waals surface area contributed by atoms with Crippen LogP contribution in [0.15, 0.2) is 24.3 Å². The van der Waals surface area contributed by atoms with Gasteiger partial charge in [0, 0.05) is 70.9 Å². The number of nitrogens with zero attached hydrogens (tertiary/aromatic N) is 5. The number of benzene rings is 1. The second-order valence-electron chi connectivity index (χ2n) is 9.08. The predicted molar refractivity (Wildman–Crippen MR) is 125 cm³/mol. The van der Waals surface area contributed by atoms with Crippen LogP contribution in [0.25, 0.3) is 11.0 Å². The van der Waals surface area contributed by atoms with Crippen molar-refractivity contribution in [1.29, 1.82) is 0 Å². The Kier molecular flexibility index (Phi) is 7.13. The van der Waals surface area contributed by atoms with Gasteiger partial charge < -0.3 is 14.8 Å². The third kappa shape index (κ3) is 5.04. The smallest absolute Gasteiger partial charge is 0.317 e. The van der Waals surface area contributed by atoms with E-state index in [1.54, 1.807) is 0 Å². The van der Waals surface area contributed by atoms with Gasteiger partial charge in [0.1, 0.15) is 5.82 Å². The van der Waals surface area contributed by atoms with Crippen LogP contribution in [0.4, 0.5) is 4.79 Å². The van der Waals surface area contributed by atoms with E-state index in [1.807, 2.05) is 23.1 Å². The quantitative estimate of drug-likeness (QED) is 0.740. The molecule has 2 aromatic rings. The van der Waals surface area contributed by atoms with E-state index in [1.165, 1.54) is 18.4 Å². The number of carbonyl (C=O) groups excluding carboxylic acids is 1. The fourth-order valence-electron chi connectivity index (χ4n) is 5.18. The van der Waals surface area contributed by atoms with E-state index >= 15 is 0 Å². The molecule has 0 aliphatic carbocycles. The van der Waals surface area contributed by atoms with E-state index in [0.717, 1.165) is 63.6 Å². The third-order valence-electron chi connectivity index (χ3n) is 7.14. The minimum atomic E-state index is 0.0561. The lowest BCUT2D eigenvalue weighted by molar-refractivity contribution is 0.118. The standard InChI is InChI=1S/C24H38N6O/c1-4-29-22-8-6-5-7-21(22)26-23(29)11-12-25-24(31)28-16-13-27(14-17-28)15-18-30-19(2)9-10-20(30)3/h5-8,19-20H,4,9-18H2,1-3H3,(H,25,31). The lowest BCUT2D eigenvalue weighted by atomic mass is 10.2. The molecule has 31 heavy (non-hydrogen) atoms. The first kappa shape index (κ1) is 22.1. The number of nitrogens with one attached hydrogen (secondary N) is 1. The Labute approximate surface area is 186 Å². The van der Waals surface area contributed by atoms with E-state index in [0.29, 0.717) is 18.6 Å². The summed E-state index contributed by atoms with van der Waals surface area (Å²) in [6.07, 6.45) is 3.40. The van der Waals surface area contributed by atoms with E-state index < -0.39 is 0 Å². The zero-order valence-electron chi connectivity index (χ0n) is 19.4. The van der Waals surface area contributed by atoms with Crippen LogP contribution in [-0.4, -0.2) is 88.2 Å². The van der Waals surface area contributed by atoms with Crippen LogP contribution < -0.4 is 5.32 Å². The highest BCUT2D eigenvalue weighted by atomic mass is 16.2. The molecule has 1 aromatic heterocycles. The summed E-state index contributed by atoms with van der Waals surface area (Å²) in [4.78, 5) is 24.5. The number of piperazine rings is 1. The van der Waals surface area contributed by atoms with Gasteiger partial charge in [-0.2, -0.15) is 0 Å². The number of hydrogen-bond acceptors (Lipinski definition) is 4. The Hall–Kier alpha value is -2.12. The van der Waals surface area contributed by atoms with Gasteiger partial charge in [0.15, 0.2) is 0 Å². The summed E-state index contributed by atoms with van der Waals surface area (Å²) >= 11 is 0. The molecule has 0 saturated carbocycles. The molecule has 4 rings (SSSR count). The minimum Gasteiger partial charge on any atom is -0.338 e. The SMILES string of the molecule is CCn1c(CCNC(=O)N2CCN(CCN3C(C)CCC3C)CC2)nc2ccccc21. The van der Waals surface area contributed by atoms with E-state index in [2.05, 4.69) is 46.5 Å². The summed E-state index contributed by atoms with van der Waals surface area (Å²) in [6.45, 7) is 14.2. The molecule has 7 nitrogen and oxygen atoms in total. The highest BCUT2D eigenvalue weighted by molar-refractivity contribution is 5.76. The molecule has 7 heteroatoms. The molecule has 1 aromatic carbocycles. The van der Waals surface area contributed by atoms with Crippen LogP contribution >= 0.6 is 0 Å². The molecule has 2 unspecified atom stereocenters. The maximum Gasteiger partial charge on any atom is 0.317 e. The van der Waals surface area contributed by atoms with Gasteiger partial charge in [0.05, 0.1) is 11.0 Å². The first-order valence-corrected chi connectivity index (χ1v) is 12.0. The van der Waals surface area contributed by atoms with Crippen molar-refractivity contribution >= 4 is 17.1 Å². The van der Waals surface area contributed by atoms with Gasteiger partial charge in [0.2, 0.25) is 0 Å². The van der Waals surface area contributed by atoms with Gasteiger partial charge in [0.25, 0.3) is 0 Å². The predicted octanol–water partition coefficient (Wildman–Crippen LogP) is 2.80. The van der Waals surface area contributed by atoms with Gasteiger partial charge in [-0.05, 0) is 45.7 Å². The Morgan fingerprint density at radius 1 is 1.06 bits per heavy atom. The van der Waals surface area contributed by atoms with Crippen LogP contribution in [0, 0.1) is 0 Å². The van der Waals surface area contributed by atoms with Crippen LogP contribution in [-0.2, 0) is 13.0 Å². The molecule has 0 bridgehead atoms. The number of para-hydroxylation sites is 2. The zero-order valence-corrected chi connectivity index (χ0v) is 19.4. The number of hydrogen-bond donors (Lipinski definition) is 1. The number of aromatic nitrogens is 2. The number of aryl methyl sites for hydroxylation is 1. The third-order valence-corrected chi connectivity index (χ3v) is 7.14. The van der Waals surface area contributed by atoms with Crippen LogP contribution in [0.5, 0.6) is 0 Å². The number of likely N-dealkylation sites (tertiary alicyclic amines) is 1. The van der Waals surface area contributed by atoms with Crippen molar-refractivity contribution < 1.29 is 4.79 Å². The molecule has 2 aliphatic rings. The maximum atomic E-state index is 12.6. The first-order chi connectivity index (χ1) is 15.1. The van der Waals surface area contributed by atoms with Crippen molar-refractivity contribution in [2.45, 2.75) is 58.7 Å². The summed E-state index contributed by atoms with van der Waals surface area (Å²) in [5.41, 5.74) is 2.19. The van der Waals surface area contributed by atoms with Crippen molar-refractivity contribution in [3.05, 3.63) is 30.1 Å². The molecule has 3 heterocycles. The summed E-state index contributed by atoms with van der Waals surface area (Å²) in [5, 5.41) is 3.11. The van der Waals surface area contributed by atoms with Crippen molar-refractivity contribution in [1.82, 2.24) is 29.6 Å². The second-order valence-corrected chi connectivity index (χ2v) is 9.08. The van der Waals surface area contributed by atoms with Crippen LogP contribution in [0.2, 0.25) is 0 Å². The van der Waals surface area contributed by atoms with Crippen molar-refractivity contribution in [3.63, 3.8) is 0 Å². The fraction of sp³-hybridized carbons (Fsp3) is 0.667. The molecule has 0 spiro atoms. The molecule has 2 saturated heterocycles. The van der Waals surface area contributed by atoms with E-state index in [-0.39, 0.29) is 6.03 Å². The zero-order chi connectivity index (χ0) is 21.8. The summed E-state index contributed by atoms with van der Waals surface area (Å²) in [7, 11) is 0. The van der Waals surface area contributed by atoms with E-state index in [9.17, 15) is 4.79 Å². The molecule has 0 radical (unpaired) electrons. The molecule has 2 amide bonds.